The Morgan fingerprint density at radius 1 is 1.24 bits per heavy atom. The Hall–Kier alpha value is -1.77. The van der Waals surface area contributed by atoms with E-state index in [1.807, 2.05) is 0 Å². The standard InChI is InChI=1S/C16H17ClN2O4S2/c1-10-15(11(2)20)24-16(18-10)19-14(21)4-3-9-25(22,23)13-7-5-12(17)6-8-13/h5-8H,3-4,9H2,1-2H3,(H,18,19,21). The highest BCUT2D eigenvalue weighted by Gasteiger charge is 2.16. The first-order valence-corrected chi connectivity index (χ1v) is 10.3. The molecule has 1 amide bonds. The lowest BCUT2D eigenvalue weighted by molar-refractivity contribution is -0.116. The molecule has 2 rings (SSSR count). The average Bonchev–Trinajstić information content (AvgIpc) is 2.88. The van der Waals surface area contributed by atoms with Crippen LogP contribution in [0.1, 0.15) is 35.1 Å². The van der Waals surface area contributed by atoms with Gasteiger partial charge in [0.2, 0.25) is 5.91 Å². The number of nitrogens with one attached hydrogen (secondary N) is 1. The Balaban J connectivity index is 1.89. The Kier molecular flexibility index (Phi) is 6.31. The van der Waals surface area contributed by atoms with Crippen LogP contribution in [0, 0.1) is 6.92 Å². The molecule has 134 valence electrons. The minimum atomic E-state index is -3.46. The van der Waals surface area contributed by atoms with Crippen molar-refractivity contribution in [3.05, 3.63) is 39.9 Å². The van der Waals surface area contributed by atoms with Crippen molar-refractivity contribution in [2.75, 3.05) is 11.1 Å². The van der Waals surface area contributed by atoms with Crippen LogP contribution >= 0.6 is 22.9 Å². The van der Waals surface area contributed by atoms with Crippen LogP contribution < -0.4 is 5.32 Å². The third-order valence-corrected chi connectivity index (χ3v) is 6.59. The summed E-state index contributed by atoms with van der Waals surface area (Å²) < 4.78 is 24.4. The molecule has 0 saturated heterocycles. The van der Waals surface area contributed by atoms with E-state index in [1.54, 1.807) is 6.92 Å². The van der Waals surface area contributed by atoms with E-state index in [4.69, 9.17) is 11.6 Å². The molecule has 1 aromatic heterocycles. The summed E-state index contributed by atoms with van der Waals surface area (Å²) in [6.07, 6.45) is 0.224. The molecule has 0 aliphatic heterocycles. The number of sulfone groups is 1. The molecule has 0 radical (unpaired) electrons. The van der Waals surface area contributed by atoms with Gasteiger partial charge in [-0.25, -0.2) is 13.4 Å². The van der Waals surface area contributed by atoms with Crippen LogP contribution in [0.3, 0.4) is 0 Å². The first kappa shape index (κ1) is 19.6. The zero-order chi connectivity index (χ0) is 18.6. The summed E-state index contributed by atoms with van der Waals surface area (Å²) >= 11 is 6.85. The number of rotatable bonds is 7. The number of carbonyl (C=O) groups excluding carboxylic acids is 2. The Labute approximate surface area is 155 Å². The van der Waals surface area contributed by atoms with Crippen molar-refractivity contribution >= 4 is 49.6 Å². The summed E-state index contributed by atoms with van der Waals surface area (Å²) in [5.74, 6) is -0.586. The molecule has 2 aromatic rings. The number of ketones is 1. The zero-order valence-electron chi connectivity index (χ0n) is 13.7. The zero-order valence-corrected chi connectivity index (χ0v) is 16.1. The van der Waals surface area contributed by atoms with Gasteiger partial charge in [-0.15, -0.1) is 0 Å². The van der Waals surface area contributed by atoms with Gasteiger partial charge in [0.25, 0.3) is 0 Å². The van der Waals surface area contributed by atoms with Crippen molar-refractivity contribution in [2.24, 2.45) is 0 Å². The predicted octanol–water partition coefficient (Wildman–Crippen LogP) is 3.50. The molecule has 1 aromatic carbocycles. The lowest BCUT2D eigenvalue weighted by Crippen LogP contribution is -2.14. The maximum atomic E-state index is 12.2. The number of hydrogen-bond donors (Lipinski definition) is 1. The Bertz CT molecular complexity index is 889. The number of amides is 1. The predicted molar refractivity (Wildman–Crippen MR) is 98.2 cm³/mol. The Morgan fingerprint density at radius 2 is 1.88 bits per heavy atom. The van der Waals surface area contributed by atoms with Crippen LogP contribution in [-0.2, 0) is 14.6 Å². The van der Waals surface area contributed by atoms with Crippen LogP contribution in [0.4, 0.5) is 5.13 Å². The second kappa shape index (κ2) is 8.07. The Morgan fingerprint density at radius 3 is 2.44 bits per heavy atom. The summed E-state index contributed by atoms with van der Waals surface area (Å²) in [4.78, 5) is 28.1. The van der Waals surface area contributed by atoms with Gasteiger partial charge in [0.15, 0.2) is 20.8 Å². The number of thiazole rings is 1. The highest BCUT2D eigenvalue weighted by atomic mass is 35.5. The van der Waals surface area contributed by atoms with Gasteiger partial charge < -0.3 is 5.32 Å². The van der Waals surface area contributed by atoms with Crippen LogP contribution in [0.2, 0.25) is 5.02 Å². The van der Waals surface area contributed by atoms with E-state index < -0.39 is 9.84 Å². The average molecular weight is 401 g/mol. The number of aromatic nitrogens is 1. The van der Waals surface area contributed by atoms with E-state index in [2.05, 4.69) is 10.3 Å². The minimum Gasteiger partial charge on any atom is -0.302 e. The molecule has 1 heterocycles. The molecule has 0 saturated carbocycles. The molecule has 0 unspecified atom stereocenters. The summed E-state index contributed by atoms with van der Waals surface area (Å²) in [7, 11) is -3.46. The van der Waals surface area contributed by atoms with Gasteiger partial charge in [-0.05, 0) is 37.6 Å². The summed E-state index contributed by atoms with van der Waals surface area (Å²) in [6, 6.07) is 5.91. The van der Waals surface area contributed by atoms with Crippen molar-refractivity contribution in [1.82, 2.24) is 4.98 Å². The van der Waals surface area contributed by atoms with Gasteiger partial charge >= 0.3 is 0 Å². The molecule has 6 nitrogen and oxygen atoms in total. The number of hydrogen-bond acceptors (Lipinski definition) is 6. The molecule has 0 bridgehead atoms. The molecule has 0 fully saturated rings. The number of Topliss-reactive ketones (excluding diaryl/α,β-unsaturated/α-hetero) is 1. The summed E-state index contributed by atoms with van der Waals surface area (Å²) in [5, 5.41) is 3.40. The SMILES string of the molecule is CC(=O)c1sc(NC(=O)CCCS(=O)(=O)c2ccc(Cl)cc2)nc1C. The van der Waals surface area contributed by atoms with Crippen LogP contribution in [0.15, 0.2) is 29.2 Å². The fourth-order valence-corrected chi connectivity index (χ4v) is 4.46. The van der Waals surface area contributed by atoms with Gasteiger partial charge in [0.1, 0.15) is 0 Å². The first-order chi connectivity index (χ1) is 11.7. The summed E-state index contributed by atoms with van der Waals surface area (Å²) in [6.45, 7) is 3.13. The van der Waals surface area contributed by atoms with Crippen LogP contribution in [0.5, 0.6) is 0 Å². The van der Waals surface area contributed by atoms with Gasteiger partial charge in [-0.3, -0.25) is 9.59 Å². The number of carbonyl (C=O) groups is 2. The van der Waals surface area contributed by atoms with E-state index in [1.165, 1.54) is 31.2 Å². The first-order valence-electron chi connectivity index (χ1n) is 7.45. The van der Waals surface area contributed by atoms with Crippen molar-refractivity contribution in [1.29, 1.82) is 0 Å². The largest absolute Gasteiger partial charge is 0.302 e. The maximum Gasteiger partial charge on any atom is 0.226 e. The van der Waals surface area contributed by atoms with Crippen LogP contribution in [-0.4, -0.2) is 30.8 Å². The van der Waals surface area contributed by atoms with Crippen molar-refractivity contribution < 1.29 is 18.0 Å². The number of benzene rings is 1. The van der Waals surface area contributed by atoms with Crippen molar-refractivity contribution in [3.8, 4) is 0 Å². The quantitative estimate of drug-likeness (QED) is 0.718. The normalized spacial score (nSPS) is 11.3. The van der Waals surface area contributed by atoms with Crippen molar-refractivity contribution in [3.63, 3.8) is 0 Å². The molecule has 0 atom stereocenters. The van der Waals surface area contributed by atoms with E-state index in [-0.39, 0.29) is 35.2 Å². The molecule has 0 aliphatic rings. The molecule has 1 N–H and O–H groups in total. The van der Waals surface area contributed by atoms with Crippen molar-refractivity contribution in [2.45, 2.75) is 31.6 Å². The highest BCUT2D eigenvalue weighted by Crippen LogP contribution is 2.23. The molecule has 9 heteroatoms. The molecule has 0 aliphatic carbocycles. The minimum absolute atomic E-state index is 0.0425. The van der Waals surface area contributed by atoms with E-state index >= 15 is 0 Å². The second-order valence-electron chi connectivity index (χ2n) is 5.41. The van der Waals surface area contributed by atoms with E-state index in [0.717, 1.165) is 11.3 Å². The smallest absolute Gasteiger partial charge is 0.226 e. The number of anilines is 1. The monoisotopic (exact) mass is 400 g/mol. The summed E-state index contributed by atoms with van der Waals surface area (Å²) in [5.41, 5.74) is 0.568. The lowest BCUT2D eigenvalue weighted by Gasteiger charge is -2.05. The molecule has 0 spiro atoms. The number of nitrogens with zero attached hydrogens (tertiary/aromatic N) is 1. The highest BCUT2D eigenvalue weighted by molar-refractivity contribution is 7.91. The van der Waals surface area contributed by atoms with Gasteiger partial charge in [0, 0.05) is 18.4 Å². The van der Waals surface area contributed by atoms with E-state index in [0.29, 0.717) is 20.7 Å². The lowest BCUT2D eigenvalue weighted by atomic mass is 10.3. The molecular weight excluding hydrogens is 384 g/mol. The fraction of sp³-hybridized carbons (Fsp3) is 0.312. The maximum absolute atomic E-state index is 12.2. The number of aryl methyl sites for hydroxylation is 1. The topological polar surface area (TPSA) is 93.2 Å². The van der Waals surface area contributed by atoms with E-state index in [9.17, 15) is 18.0 Å². The van der Waals surface area contributed by atoms with Crippen LogP contribution in [0.25, 0.3) is 0 Å². The van der Waals surface area contributed by atoms with Gasteiger partial charge in [0.05, 0.1) is 21.2 Å². The number of halogens is 1. The molecule has 25 heavy (non-hydrogen) atoms. The third-order valence-electron chi connectivity index (χ3n) is 3.35. The van der Waals surface area contributed by atoms with Gasteiger partial charge in [-0.2, -0.15) is 0 Å². The third kappa shape index (κ3) is 5.35. The fourth-order valence-electron chi connectivity index (χ4n) is 2.14. The molecular formula is C16H17ClN2O4S2. The van der Waals surface area contributed by atoms with Gasteiger partial charge in [-0.1, -0.05) is 22.9 Å². The second-order valence-corrected chi connectivity index (χ2v) is 8.96.